The van der Waals surface area contributed by atoms with E-state index in [9.17, 15) is 9.59 Å². The van der Waals surface area contributed by atoms with Crippen molar-refractivity contribution in [3.8, 4) is 0 Å². The predicted octanol–water partition coefficient (Wildman–Crippen LogP) is 7.92. The Bertz CT molecular complexity index is 388. The third-order valence-electron chi connectivity index (χ3n) is 7.28. The first-order valence-electron chi connectivity index (χ1n) is 12.6. The predicted molar refractivity (Wildman–Crippen MR) is 121 cm³/mol. The van der Waals surface area contributed by atoms with E-state index in [1.54, 1.807) is 0 Å². The molecular weight excluding hydrogens is 344 g/mol. The molecule has 1 aliphatic carbocycles. The van der Waals surface area contributed by atoms with Crippen molar-refractivity contribution in [1.82, 2.24) is 0 Å². The molecule has 0 saturated heterocycles. The number of Topliss-reactive ketones (excluding diaryl/α,β-unsaturated/α-hetero) is 2. The van der Waals surface area contributed by atoms with E-state index in [1.165, 1.54) is 51.4 Å². The van der Waals surface area contributed by atoms with Crippen molar-refractivity contribution >= 4 is 11.6 Å². The lowest BCUT2D eigenvalue weighted by atomic mass is 9.72. The van der Waals surface area contributed by atoms with E-state index in [1.807, 2.05) is 0 Å². The van der Waals surface area contributed by atoms with E-state index in [0.717, 1.165) is 38.5 Å². The van der Waals surface area contributed by atoms with Crippen LogP contribution in [-0.4, -0.2) is 11.6 Å². The van der Waals surface area contributed by atoms with E-state index >= 15 is 0 Å². The summed E-state index contributed by atoms with van der Waals surface area (Å²) in [6.45, 7) is 8.98. The number of carbonyl (C=O) groups is 2. The quantitative estimate of drug-likeness (QED) is 0.267. The highest BCUT2D eigenvalue weighted by Gasteiger charge is 2.35. The fourth-order valence-corrected chi connectivity index (χ4v) is 5.06. The number of carbonyl (C=O) groups excluding carboxylic acids is 2. The van der Waals surface area contributed by atoms with Gasteiger partial charge < -0.3 is 0 Å². The molecule has 1 fully saturated rings. The first kappa shape index (κ1) is 25.4. The van der Waals surface area contributed by atoms with Crippen molar-refractivity contribution in [2.75, 3.05) is 0 Å². The molecule has 0 amide bonds. The molecule has 4 atom stereocenters. The zero-order valence-corrected chi connectivity index (χ0v) is 19.4. The minimum atomic E-state index is 0.0284. The molecule has 1 aliphatic rings. The average Bonchev–Trinajstić information content (AvgIpc) is 2.73. The third-order valence-corrected chi connectivity index (χ3v) is 7.28. The van der Waals surface area contributed by atoms with E-state index < -0.39 is 0 Å². The van der Waals surface area contributed by atoms with E-state index in [0.29, 0.717) is 36.2 Å². The van der Waals surface area contributed by atoms with Crippen LogP contribution in [-0.2, 0) is 9.59 Å². The summed E-state index contributed by atoms with van der Waals surface area (Å²) < 4.78 is 0. The van der Waals surface area contributed by atoms with Crippen LogP contribution >= 0.6 is 0 Å². The van der Waals surface area contributed by atoms with Crippen LogP contribution in [0.3, 0.4) is 0 Å². The van der Waals surface area contributed by atoms with Gasteiger partial charge in [0.15, 0.2) is 0 Å². The Balaban J connectivity index is 2.54. The van der Waals surface area contributed by atoms with E-state index in [4.69, 9.17) is 0 Å². The second kappa shape index (κ2) is 15.2. The Kier molecular flexibility index (Phi) is 13.8. The maximum absolute atomic E-state index is 13.0. The van der Waals surface area contributed by atoms with Gasteiger partial charge in [-0.3, -0.25) is 9.59 Å². The monoisotopic (exact) mass is 392 g/mol. The highest BCUT2D eigenvalue weighted by Crippen LogP contribution is 2.35. The van der Waals surface area contributed by atoms with Crippen molar-refractivity contribution < 1.29 is 9.59 Å². The Hall–Kier alpha value is -0.660. The molecule has 0 aromatic heterocycles. The molecule has 0 spiro atoms. The maximum Gasteiger partial charge on any atom is 0.136 e. The lowest BCUT2D eigenvalue weighted by Gasteiger charge is -2.30. The molecule has 1 rings (SSSR count). The molecule has 164 valence electrons. The topological polar surface area (TPSA) is 34.1 Å². The smallest absolute Gasteiger partial charge is 0.136 e. The molecule has 0 radical (unpaired) electrons. The third kappa shape index (κ3) is 9.23. The number of hydrogen-bond acceptors (Lipinski definition) is 2. The Morgan fingerprint density at radius 1 is 0.679 bits per heavy atom. The van der Waals surface area contributed by atoms with Gasteiger partial charge in [-0.25, -0.2) is 0 Å². The lowest BCUT2D eigenvalue weighted by Crippen LogP contribution is -2.33. The molecule has 1 saturated carbocycles. The second-order valence-corrected chi connectivity index (χ2v) is 9.34. The zero-order chi connectivity index (χ0) is 20.8. The van der Waals surface area contributed by atoms with Crippen LogP contribution in [0.4, 0.5) is 0 Å². The molecule has 0 aliphatic heterocycles. The summed E-state index contributed by atoms with van der Waals surface area (Å²) in [5.41, 5.74) is 0. The molecule has 2 heteroatoms. The van der Waals surface area contributed by atoms with Gasteiger partial charge in [-0.05, 0) is 37.5 Å². The van der Waals surface area contributed by atoms with Crippen LogP contribution in [0.15, 0.2) is 0 Å². The Labute approximate surface area is 175 Å². The van der Waals surface area contributed by atoms with Crippen LogP contribution in [0.1, 0.15) is 130 Å². The van der Waals surface area contributed by atoms with Crippen LogP contribution in [0.5, 0.6) is 0 Å². The van der Waals surface area contributed by atoms with Gasteiger partial charge in [-0.15, -0.1) is 0 Å². The summed E-state index contributed by atoms with van der Waals surface area (Å²) in [6.07, 6.45) is 17.5. The SMILES string of the molecule is CCCCC(CC)CCC(=O)C1CCCCC1C(=O)CCC(CC)CCCC. The van der Waals surface area contributed by atoms with Gasteiger partial charge in [0.05, 0.1) is 0 Å². The Morgan fingerprint density at radius 3 is 1.39 bits per heavy atom. The molecule has 0 aromatic carbocycles. The molecule has 0 bridgehead atoms. The minimum absolute atomic E-state index is 0.0284. The van der Waals surface area contributed by atoms with Gasteiger partial charge in [-0.2, -0.15) is 0 Å². The largest absolute Gasteiger partial charge is 0.299 e. The highest BCUT2D eigenvalue weighted by molar-refractivity contribution is 5.90. The Morgan fingerprint density at radius 2 is 1.07 bits per heavy atom. The van der Waals surface area contributed by atoms with Gasteiger partial charge in [0.2, 0.25) is 0 Å². The molecule has 0 N–H and O–H groups in total. The van der Waals surface area contributed by atoms with Gasteiger partial charge in [-0.1, -0.05) is 91.9 Å². The summed E-state index contributed by atoms with van der Waals surface area (Å²) in [6, 6.07) is 0. The number of hydrogen-bond donors (Lipinski definition) is 0. The van der Waals surface area contributed by atoms with Gasteiger partial charge in [0.1, 0.15) is 11.6 Å². The van der Waals surface area contributed by atoms with Crippen LogP contribution in [0.25, 0.3) is 0 Å². The number of unbranched alkanes of at least 4 members (excludes halogenated alkanes) is 2. The van der Waals surface area contributed by atoms with Crippen molar-refractivity contribution in [3.63, 3.8) is 0 Å². The normalized spacial score (nSPS) is 22.0. The standard InChI is InChI=1S/C26H48O2/c1-5-9-13-21(7-3)17-19-25(27)23-15-11-12-16-24(23)26(28)20-18-22(8-4)14-10-6-2/h21-24H,5-20H2,1-4H3. The van der Waals surface area contributed by atoms with Crippen LogP contribution in [0, 0.1) is 23.7 Å². The van der Waals surface area contributed by atoms with Gasteiger partial charge in [0, 0.05) is 24.7 Å². The molecule has 4 unspecified atom stereocenters. The average molecular weight is 393 g/mol. The molecule has 0 heterocycles. The first-order chi connectivity index (χ1) is 13.6. The van der Waals surface area contributed by atoms with Crippen molar-refractivity contribution in [2.24, 2.45) is 23.7 Å². The fourth-order valence-electron chi connectivity index (χ4n) is 5.06. The summed E-state index contributed by atoms with van der Waals surface area (Å²) in [5, 5.41) is 0. The van der Waals surface area contributed by atoms with Crippen molar-refractivity contribution in [2.45, 2.75) is 130 Å². The second-order valence-electron chi connectivity index (χ2n) is 9.34. The molecular formula is C26H48O2. The summed E-state index contributed by atoms with van der Waals surface area (Å²) in [5.74, 6) is 2.22. The van der Waals surface area contributed by atoms with Crippen LogP contribution in [0.2, 0.25) is 0 Å². The molecule has 28 heavy (non-hydrogen) atoms. The van der Waals surface area contributed by atoms with Gasteiger partial charge >= 0.3 is 0 Å². The molecule has 0 aromatic rings. The summed E-state index contributed by atoms with van der Waals surface area (Å²) >= 11 is 0. The van der Waals surface area contributed by atoms with Gasteiger partial charge in [0.25, 0.3) is 0 Å². The van der Waals surface area contributed by atoms with Crippen molar-refractivity contribution in [3.05, 3.63) is 0 Å². The minimum Gasteiger partial charge on any atom is -0.299 e. The highest BCUT2D eigenvalue weighted by atomic mass is 16.1. The molecule has 2 nitrogen and oxygen atoms in total. The van der Waals surface area contributed by atoms with Crippen molar-refractivity contribution in [1.29, 1.82) is 0 Å². The number of ketones is 2. The lowest BCUT2D eigenvalue weighted by molar-refractivity contribution is -0.134. The maximum atomic E-state index is 13.0. The first-order valence-corrected chi connectivity index (χ1v) is 12.6. The van der Waals surface area contributed by atoms with E-state index in [2.05, 4.69) is 27.7 Å². The fraction of sp³-hybridized carbons (Fsp3) is 0.923. The number of rotatable bonds is 16. The summed E-state index contributed by atoms with van der Waals surface area (Å²) in [4.78, 5) is 26.0. The summed E-state index contributed by atoms with van der Waals surface area (Å²) in [7, 11) is 0. The van der Waals surface area contributed by atoms with Crippen LogP contribution < -0.4 is 0 Å². The zero-order valence-electron chi connectivity index (χ0n) is 19.4. The van der Waals surface area contributed by atoms with E-state index in [-0.39, 0.29) is 11.8 Å².